The van der Waals surface area contributed by atoms with Crippen LogP contribution in [0.3, 0.4) is 0 Å². The third-order valence-corrected chi connectivity index (χ3v) is 4.22. The molecule has 1 N–H and O–H groups in total. The summed E-state index contributed by atoms with van der Waals surface area (Å²) in [7, 11) is 0. The fraction of sp³-hybridized carbons (Fsp3) is 0.143. The number of anilines is 1. The summed E-state index contributed by atoms with van der Waals surface area (Å²) >= 11 is 15.6. The zero-order chi connectivity index (χ0) is 14.0. The van der Waals surface area contributed by atoms with Crippen LogP contribution in [0, 0.1) is 12.7 Å². The Bertz CT molecular complexity index is 617. The van der Waals surface area contributed by atoms with Crippen molar-refractivity contribution in [3.05, 3.63) is 61.8 Å². The topological polar surface area (TPSA) is 12.0 Å². The average Bonchev–Trinajstić information content (AvgIpc) is 2.36. The predicted molar refractivity (Wildman–Crippen MR) is 82.6 cm³/mol. The first-order chi connectivity index (χ1) is 8.97. The van der Waals surface area contributed by atoms with Gasteiger partial charge in [-0.1, -0.05) is 39.1 Å². The Morgan fingerprint density at radius 2 is 1.89 bits per heavy atom. The standard InChI is InChI=1S/C14H11BrCl2FN/c1-8-4-13(17)14(6-12(8)16)19-7-9-5-10(18)2-3-11(9)15/h2-6,19H,7H2,1H3. The van der Waals surface area contributed by atoms with Gasteiger partial charge in [-0.15, -0.1) is 0 Å². The molecule has 0 aliphatic heterocycles. The van der Waals surface area contributed by atoms with E-state index in [1.165, 1.54) is 12.1 Å². The van der Waals surface area contributed by atoms with Gasteiger partial charge in [-0.25, -0.2) is 4.39 Å². The van der Waals surface area contributed by atoms with Crippen LogP contribution in [0.15, 0.2) is 34.8 Å². The van der Waals surface area contributed by atoms with Crippen LogP contribution in [-0.2, 0) is 6.54 Å². The van der Waals surface area contributed by atoms with Crippen molar-refractivity contribution in [2.75, 3.05) is 5.32 Å². The Morgan fingerprint density at radius 3 is 2.63 bits per heavy atom. The SMILES string of the molecule is Cc1cc(Cl)c(NCc2cc(F)ccc2Br)cc1Cl. The molecule has 1 nitrogen and oxygen atoms in total. The molecule has 0 radical (unpaired) electrons. The summed E-state index contributed by atoms with van der Waals surface area (Å²) in [5.41, 5.74) is 2.46. The number of hydrogen-bond acceptors (Lipinski definition) is 1. The lowest BCUT2D eigenvalue weighted by Gasteiger charge is -2.11. The second-order valence-corrected chi connectivity index (χ2v) is 5.84. The highest BCUT2D eigenvalue weighted by molar-refractivity contribution is 9.10. The van der Waals surface area contributed by atoms with Crippen LogP contribution in [0.25, 0.3) is 0 Å². The van der Waals surface area contributed by atoms with Gasteiger partial charge in [-0.05, 0) is 48.4 Å². The van der Waals surface area contributed by atoms with E-state index in [1.807, 2.05) is 6.92 Å². The zero-order valence-electron chi connectivity index (χ0n) is 10.1. The largest absolute Gasteiger partial charge is 0.380 e. The van der Waals surface area contributed by atoms with Crippen molar-refractivity contribution in [3.8, 4) is 0 Å². The number of rotatable bonds is 3. The third kappa shape index (κ3) is 3.62. The highest BCUT2D eigenvalue weighted by Crippen LogP contribution is 2.29. The molecule has 0 aliphatic carbocycles. The van der Waals surface area contributed by atoms with E-state index in [0.29, 0.717) is 16.6 Å². The first kappa shape index (κ1) is 14.6. The minimum Gasteiger partial charge on any atom is -0.380 e. The molecule has 0 atom stereocenters. The number of benzene rings is 2. The Kier molecular flexibility index (Phi) is 4.71. The minimum absolute atomic E-state index is 0.270. The van der Waals surface area contributed by atoms with Crippen LogP contribution >= 0.6 is 39.1 Å². The van der Waals surface area contributed by atoms with Gasteiger partial charge in [0.25, 0.3) is 0 Å². The highest BCUT2D eigenvalue weighted by atomic mass is 79.9. The van der Waals surface area contributed by atoms with E-state index < -0.39 is 0 Å². The van der Waals surface area contributed by atoms with Gasteiger partial charge < -0.3 is 5.32 Å². The van der Waals surface area contributed by atoms with Crippen LogP contribution in [0.1, 0.15) is 11.1 Å². The lowest BCUT2D eigenvalue weighted by Crippen LogP contribution is -2.01. The fourth-order valence-electron chi connectivity index (χ4n) is 1.65. The maximum absolute atomic E-state index is 13.2. The first-order valence-electron chi connectivity index (χ1n) is 5.61. The van der Waals surface area contributed by atoms with E-state index in [9.17, 15) is 4.39 Å². The maximum Gasteiger partial charge on any atom is 0.123 e. The molecule has 19 heavy (non-hydrogen) atoms. The lowest BCUT2D eigenvalue weighted by atomic mass is 10.2. The van der Waals surface area contributed by atoms with Gasteiger partial charge >= 0.3 is 0 Å². The number of hydrogen-bond donors (Lipinski definition) is 1. The minimum atomic E-state index is -0.270. The van der Waals surface area contributed by atoms with Crippen LogP contribution in [-0.4, -0.2) is 0 Å². The summed E-state index contributed by atoms with van der Waals surface area (Å²) in [5.74, 6) is -0.270. The second kappa shape index (κ2) is 6.12. The van der Waals surface area contributed by atoms with Crippen molar-refractivity contribution in [2.45, 2.75) is 13.5 Å². The smallest absolute Gasteiger partial charge is 0.123 e. The normalized spacial score (nSPS) is 10.6. The van der Waals surface area contributed by atoms with E-state index in [1.54, 1.807) is 18.2 Å². The van der Waals surface area contributed by atoms with Gasteiger partial charge in [0, 0.05) is 16.0 Å². The quantitative estimate of drug-likeness (QED) is 0.725. The van der Waals surface area contributed by atoms with Gasteiger partial charge in [0.15, 0.2) is 0 Å². The molecule has 0 aromatic heterocycles. The van der Waals surface area contributed by atoms with Crippen LogP contribution < -0.4 is 5.32 Å². The number of halogens is 4. The van der Waals surface area contributed by atoms with Crippen molar-refractivity contribution < 1.29 is 4.39 Å². The molecule has 0 amide bonds. The third-order valence-electron chi connectivity index (χ3n) is 2.73. The van der Waals surface area contributed by atoms with Crippen LogP contribution in [0.2, 0.25) is 10.0 Å². The Hall–Kier alpha value is -0.770. The summed E-state index contributed by atoms with van der Waals surface area (Å²) < 4.78 is 14.0. The zero-order valence-corrected chi connectivity index (χ0v) is 13.2. The molecule has 0 spiro atoms. The Balaban J connectivity index is 2.19. The maximum atomic E-state index is 13.2. The molecule has 0 aliphatic rings. The van der Waals surface area contributed by atoms with Crippen molar-refractivity contribution in [1.82, 2.24) is 0 Å². The van der Waals surface area contributed by atoms with E-state index in [-0.39, 0.29) is 5.82 Å². The van der Waals surface area contributed by atoms with Crippen LogP contribution in [0.4, 0.5) is 10.1 Å². The van der Waals surface area contributed by atoms with Gasteiger partial charge in [-0.2, -0.15) is 0 Å². The molecule has 2 aromatic rings. The Morgan fingerprint density at radius 1 is 1.16 bits per heavy atom. The molecule has 0 fully saturated rings. The van der Waals surface area contributed by atoms with Crippen LogP contribution in [0.5, 0.6) is 0 Å². The van der Waals surface area contributed by atoms with Crippen molar-refractivity contribution in [3.63, 3.8) is 0 Å². The van der Waals surface area contributed by atoms with Crippen molar-refractivity contribution >= 4 is 44.8 Å². The van der Waals surface area contributed by atoms with Gasteiger partial charge in [0.05, 0.1) is 10.7 Å². The first-order valence-corrected chi connectivity index (χ1v) is 7.15. The molecular formula is C14H11BrCl2FN. The van der Waals surface area contributed by atoms with E-state index in [0.717, 1.165) is 21.3 Å². The molecule has 2 rings (SSSR count). The van der Waals surface area contributed by atoms with Crippen molar-refractivity contribution in [1.29, 1.82) is 0 Å². The van der Waals surface area contributed by atoms with E-state index >= 15 is 0 Å². The van der Waals surface area contributed by atoms with Gasteiger partial charge in [-0.3, -0.25) is 0 Å². The summed E-state index contributed by atoms with van der Waals surface area (Å²) in [6.45, 7) is 2.35. The Labute approximate surface area is 129 Å². The molecule has 2 aromatic carbocycles. The lowest BCUT2D eigenvalue weighted by molar-refractivity contribution is 0.625. The highest BCUT2D eigenvalue weighted by Gasteiger charge is 2.06. The average molecular weight is 363 g/mol. The second-order valence-electron chi connectivity index (χ2n) is 4.17. The number of nitrogens with one attached hydrogen (secondary N) is 1. The molecule has 0 bridgehead atoms. The molecule has 0 saturated heterocycles. The molecular weight excluding hydrogens is 352 g/mol. The summed E-state index contributed by atoms with van der Waals surface area (Å²) in [5, 5.41) is 4.39. The number of aryl methyl sites for hydroxylation is 1. The predicted octanol–water partition coefficient (Wildman–Crippen LogP) is 5.82. The van der Waals surface area contributed by atoms with E-state index in [2.05, 4.69) is 21.2 Å². The van der Waals surface area contributed by atoms with Crippen molar-refractivity contribution in [2.24, 2.45) is 0 Å². The van der Waals surface area contributed by atoms with Gasteiger partial charge in [0.2, 0.25) is 0 Å². The summed E-state index contributed by atoms with van der Waals surface area (Å²) in [6, 6.07) is 8.12. The molecule has 5 heteroatoms. The molecule has 0 saturated carbocycles. The molecule has 0 unspecified atom stereocenters. The fourth-order valence-corrected chi connectivity index (χ4v) is 2.49. The monoisotopic (exact) mass is 361 g/mol. The summed E-state index contributed by atoms with van der Waals surface area (Å²) in [4.78, 5) is 0. The molecule has 100 valence electrons. The molecule has 0 heterocycles. The summed E-state index contributed by atoms with van der Waals surface area (Å²) in [6.07, 6.45) is 0. The van der Waals surface area contributed by atoms with E-state index in [4.69, 9.17) is 23.2 Å². The van der Waals surface area contributed by atoms with Gasteiger partial charge in [0.1, 0.15) is 5.82 Å².